The number of esters is 2. The molecular weight excluding hydrogens is 446 g/mol. The third-order valence-electron chi connectivity index (χ3n) is 4.27. The minimum absolute atomic E-state index is 0. The minimum atomic E-state index is -1.53. The van der Waals surface area contributed by atoms with Gasteiger partial charge in [-0.1, -0.05) is 0 Å². The maximum atomic E-state index is 13.1. The van der Waals surface area contributed by atoms with E-state index in [1.54, 1.807) is 13.8 Å². The summed E-state index contributed by atoms with van der Waals surface area (Å²) in [6.07, 6.45) is -0.876. The molecule has 0 aliphatic carbocycles. The number of carboxylic acid groups (broad SMARTS) is 2. The van der Waals surface area contributed by atoms with Crippen LogP contribution in [-0.4, -0.2) is 118 Å². The molecule has 0 aromatic rings. The maximum absolute atomic E-state index is 13.1. The molecular formula is C19H26N2Na2O9. The number of dihydropyridines is 1. The summed E-state index contributed by atoms with van der Waals surface area (Å²) in [5.74, 6) is -6.84. The second kappa shape index (κ2) is 15.5. The number of aliphatic carboxylic acids is 2. The number of carbonyl (C=O) groups excluding carboxylic acids is 3. The van der Waals surface area contributed by atoms with Gasteiger partial charge in [-0.15, -0.1) is 0 Å². The van der Waals surface area contributed by atoms with Gasteiger partial charge in [0.05, 0.1) is 24.4 Å². The molecule has 0 aromatic carbocycles. The maximum Gasteiger partial charge on any atom is 0.336 e. The van der Waals surface area contributed by atoms with E-state index in [0.29, 0.717) is 0 Å². The first kappa shape index (κ1) is 32.8. The summed E-state index contributed by atoms with van der Waals surface area (Å²) in [5, 5.41) is 23.2. The predicted octanol–water partition coefficient (Wildman–Crippen LogP) is -0.447. The number of carboxylic acids is 2. The molecule has 2 radical (unpaired) electrons. The van der Waals surface area contributed by atoms with Crippen LogP contribution in [0, 0.1) is 5.92 Å². The molecule has 0 saturated carbocycles. The Kier molecular flexibility index (Phi) is 15.9. The predicted molar refractivity (Wildman–Crippen MR) is 113 cm³/mol. The van der Waals surface area contributed by atoms with Gasteiger partial charge < -0.3 is 30.3 Å². The Balaban J connectivity index is 0. The van der Waals surface area contributed by atoms with E-state index in [1.807, 2.05) is 0 Å². The first-order valence-electron chi connectivity index (χ1n) is 9.32. The topological polar surface area (TPSA) is 168 Å². The van der Waals surface area contributed by atoms with Crippen LogP contribution in [0.5, 0.6) is 0 Å². The molecule has 0 fully saturated rings. The third kappa shape index (κ3) is 8.87. The molecule has 1 aliphatic heterocycles. The second-order valence-corrected chi connectivity index (χ2v) is 6.41. The Morgan fingerprint density at radius 1 is 0.938 bits per heavy atom. The summed E-state index contributed by atoms with van der Waals surface area (Å²) in [5.41, 5.74) is 0.198. The number of ether oxygens (including phenoxy) is 2. The van der Waals surface area contributed by atoms with Gasteiger partial charge in [-0.3, -0.25) is 9.59 Å². The summed E-state index contributed by atoms with van der Waals surface area (Å²) >= 11 is 0. The Labute approximate surface area is 229 Å². The van der Waals surface area contributed by atoms with Crippen LogP contribution in [0.2, 0.25) is 0 Å². The zero-order chi connectivity index (χ0) is 23.0. The number of nitrogens with one attached hydrogen (secondary N) is 2. The van der Waals surface area contributed by atoms with Crippen LogP contribution in [0.4, 0.5) is 0 Å². The van der Waals surface area contributed by atoms with Crippen LogP contribution in [0.25, 0.3) is 0 Å². The molecule has 1 aliphatic rings. The van der Waals surface area contributed by atoms with Crippen molar-refractivity contribution in [2.24, 2.45) is 5.92 Å². The van der Waals surface area contributed by atoms with Gasteiger partial charge in [0, 0.05) is 76.9 Å². The van der Waals surface area contributed by atoms with E-state index in [4.69, 9.17) is 14.6 Å². The molecule has 0 unspecified atom stereocenters. The molecule has 32 heavy (non-hydrogen) atoms. The molecule has 0 aromatic heterocycles. The van der Waals surface area contributed by atoms with Gasteiger partial charge in [-0.05, 0) is 34.1 Å². The molecule has 168 valence electrons. The van der Waals surface area contributed by atoms with E-state index in [1.165, 1.54) is 13.8 Å². The molecule has 13 heteroatoms. The van der Waals surface area contributed by atoms with Gasteiger partial charge >= 0.3 is 23.9 Å². The molecule has 4 N–H and O–H groups in total. The van der Waals surface area contributed by atoms with Crippen LogP contribution < -0.4 is 10.6 Å². The van der Waals surface area contributed by atoms with Crippen molar-refractivity contribution >= 4 is 88.9 Å². The van der Waals surface area contributed by atoms with Crippen molar-refractivity contribution in [3.8, 4) is 0 Å². The van der Waals surface area contributed by atoms with Crippen molar-refractivity contribution in [3.63, 3.8) is 0 Å². The monoisotopic (exact) mass is 472 g/mol. The van der Waals surface area contributed by atoms with E-state index >= 15 is 0 Å². The zero-order valence-electron chi connectivity index (χ0n) is 19.2. The Bertz CT molecular complexity index is 769. The SMILES string of the molecule is CCOC(=O)C1=C(C)NC(C)=C(C(=O)OCC)C1C(=O)N[C@@H](CCC(=O)O)C(=O)O.[Na].[Na]. The molecule has 0 spiro atoms. The van der Waals surface area contributed by atoms with Crippen molar-refractivity contribution in [1.29, 1.82) is 0 Å². The largest absolute Gasteiger partial charge is 0.481 e. The van der Waals surface area contributed by atoms with Crippen LogP contribution >= 0.6 is 0 Å². The van der Waals surface area contributed by atoms with Gasteiger partial charge in [-0.25, -0.2) is 14.4 Å². The molecule has 1 amide bonds. The average Bonchev–Trinajstić information content (AvgIpc) is 2.63. The van der Waals surface area contributed by atoms with Crippen molar-refractivity contribution in [3.05, 3.63) is 22.5 Å². The summed E-state index contributed by atoms with van der Waals surface area (Å²) in [6, 6.07) is -1.53. The van der Waals surface area contributed by atoms with E-state index in [-0.39, 0.29) is 101 Å². The van der Waals surface area contributed by atoms with Crippen molar-refractivity contribution in [1.82, 2.24) is 10.6 Å². The number of carbonyl (C=O) groups is 5. The molecule has 1 rings (SSSR count). The summed E-state index contributed by atoms with van der Waals surface area (Å²) in [4.78, 5) is 60.3. The van der Waals surface area contributed by atoms with Crippen LogP contribution in [0.3, 0.4) is 0 Å². The number of amides is 1. The molecule has 1 heterocycles. The smallest absolute Gasteiger partial charge is 0.336 e. The Morgan fingerprint density at radius 3 is 1.72 bits per heavy atom. The standard InChI is InChI=1S/C19H26N2O9.2Na/c1-5-29-18(27)13-9(3)20-10(4)14(19(28)30-6-2)15(13)16(24)21-11(17(25)26)7-8-12(22)23;;/h11,15,20H,5-8H2,1-4H3,(H,21,24)(H,22,23)(H,25,26);;/t11-;;/m0../s1. The fourth-order valence-electron chi connectivity index (χ4n) is 3.00. The fourth-order valence-corrected chi connectivity index (χ4v) is 3.00. The molecule has 11 nitrogen and oxygen atoms in total. The van der Waals surface area contributed by atoms with E-state index < -0.39 is 48.2 Å². The van der Waals surface area contributed by atoms with Gasteiger partial charge in [0.1, 0.15) is 12.0 Å². The number of hydrogen-bond donors (Lipinski definition) is 4. The summed E-state index contributed by atoms with van der Waals surface area (Å²) in [6.45, 7) is 6.18. The van der Waals surface area contributed by atoms with Crippen LogP contribution in [-0.2, 0) is 33.4 Å². The van der Waals surface area contributed by atoms with Gasteiger partial charge in [-0.2, -0.15) is 0 Å². The number of rotatable bonds is 10. The van der Waals surface area contributed by atoms with Crippen LogP contribution in [0.1, 0.15) is 40.5 Å². The first-order chi connectivity index (χ1) is 14.0. The third-order valence-corrected chi connectivity index (χ3v) is 4.27. The Morgan fingerprint density at radius 2 is 1.38 bits per heavy atom. The summed E-state index contributed by atoms with van der Waals surface area (Å²) in [7, 11) is 0. The van der Waals surface area contributed by atoms with Gasteiger partial charge in [0.25, 0.3) is 0 Å². The van der Waals surface area contributed by atoms with E-state index in [0.717, 1.165) is 0 Å². The molecule has 1 atom stereocenters. The van der Waals surface area contributed by atoms with Gasteiger partial charge in [0.2, 0.25) is 5.91 Å². The molecule has 0 saturated heterocycles. The van der Waals surface area contributed by atoms with E-state index in [2.05, 4.69) is 10.6 Å². The molecule has 0 bridgehead atoms. The number of allylic oxidation sites excluding steroid dienone is 2. The van der Waals surface area contributed by atoms with Gasteiger partial charge in [0.15, 0.2) is 0 Å². The number of hydrogen-bond acceptors (Lipinski definition) is 8. The van der Waals surface area contributed by atoms with Crippen LogP contribution in [0.15, 0.2) is 22.5 Å². The summed E-state index contributed by atoms with van der Waals surface area (Å²) < 4.78 is 10.0. The zero-order valence-corrected chi connectivity index (χ0v) is 23.2. The van der Waals surface area contributed by atoms with E-state index in [9.17, 15) is 29.1 Å². The van der Waals surface area contributed by atoms with Crippen molar-refractivity contribution < 1.29 is 43.7 Å². The second-order valence-electron chi connectivity index (χ2n) is 6.41. The normalized spacial score (nSPS) is 14.2. The first-order valence-corrected chi connectivity index (χ1v) is 9.32. The average molecular weight is 472 g/mol. The minimum Gasteiger partial charge on any atom is -0.481 e. The fraction of sp³-hybridized carbons (Fsp3) is 0.526. The quantitative estimate of drug-likeness (QED) is 0.241. The Hall–Kier alpha value is -1.37. The van der Waals surface area contributed by atoms with Crippen molar-refractivity contribution in [2.45, 2.75) is 46.6 Å². The van der Waals surface area contributed by atoms with Crippen molar-refractivity contribution in [2.75, 3.05) is 13.2 Å².